The first-order valence-corrected chi connectivity index (χ1v) is 6.99. The van der Waals surface area contributed by atoms with Gasteiger partial charge >= 0.3 is 6.18 Å². The highest BCUT2D eigenvalue weighted by atomic mass is 79.9. The minimum absolute atomic E-state index is 0.0692. The van der Waals surface area contributed by atoms with Gasteiger partial charge in [0.2, 0.25) is 0 Å². The molecule has 1 N–H and O–H groups in total. The van der Waals surface area contributed by atoms with Gasteiger partial charge in [0.05, 0.1) is 16.3 Å². The number of nitrogens with one attached hydrogen (secondary N) is 1. The van der Waals surface area contributed by atoms with Gasteiger partial charge in [0.15, 0.2) is 0 Å². The van der Waals surface area contributed by atoms with Crippen LogP contribution in [-0.4, -0.2) is 0 Å². The molecule has 0 aliphatic carbocycles. The molecule has 21 heavy (non-hydrogen) atoms. The molecule has 0 fully saturated rings. The zero-order chi connectivity index (χ0) is 15.6. The number of alkyl halides is 3. The number of hydrogen-bond acceptors (Lipinski definition) is 1. The van der Waals surface area contributed by atoms with Gasteiger partial charge in [-0.15, -0.1) is 0 Å². The normalized spacial score (nSPS) is 11.5. The predicted molar refractivity (Wildman–Crippen MR) is 77.9 cm³/mol. The third-order valence-corrected chi connectivity index (χ3v) is 3.59. The van der Waals surface area contributed by atoms with Crippen molar-refractivity contribution in [3.05, 3.63) is 62.8 Å². The van der Waals surface area contributed by atoms with Crippen LogP contribution < -0.4 is 5.32 Å². The summed E-state index contributed by atoms with van der Waals surface area (Å²) in [5, 5.41) is 2.49. The Labute approximate surface area is 132 Å². The van der Waals surface area contributed by atoms with Crippen LogP contribution in [0.3, 0.4) is 0 Å². The number of anilines is 1. The third kappa shape index (κ3) is 3.89. The average molecular weight is 383 g/mol. The van der Waals surface area contributed by atoms with E-state index in [-0.39, 0.29) is 22.8 Å². The summed E-state index contributed by atoms with van der Waals surface area (Å²) in [6, 6.07) is 7.72. The molecule has 2 aromatic carbocycles. The maximum atomic E-state index is 13.6. The van der Waals surface area contributed by atoms with E-state index in [1.165, 1.54) is 30.3 Å². The summed E-state index contributed by atoms with van der Waals surface area (Å²) < 4.78 is 53.0. The molecule has 0 aliphatic rings. The zero-order valence-electron chi connectivity index (χ0n) is 10.4. The van der Waals surface area contributed by atoms with Crippen molar-refractivity contribution in [1.82, 2.24) is 0 Å². The molecule has 2 rings (SSSR count). The fourth-order valence-corrected chi connectivity index (χ4v) is 2.45. The van der Waals surface area contributed by atoms with Crippen LogP contribution in [0.1, 0.15) is 11.1 Å². The zero-order valence-corrected chi connectivity index (χ0v) is 12.8. The highest BCUT2D eigenvalue weighted by Gasteiger charge is 2.34. The maximum absolute atomic E-state index is 13.6. The maximum Gasteiger partial charge on any atom is 0.418 e. The van der Waals surface area contributed by atoms with E-state index in [0.717, 1.165) is 6.07 Å². The Kier molecular flexibility index (Phi) is 4.78. The molecule has 0 heterocycles. The molecule has 0 saturated heterocycles. The van der Waals surface area contributed by atoms with Crippen LogP contribution in [0, 0.1) is 5.82 Å². The molecule has 0 amide bonds. The fourth-order valence-electron chi connectivity index (χ4n) is 1.80. The summed E-state index contributed by atoms with van der Waals surface area (Å²) in [7, 11) is 0. The first-order valence-electron chi connectivity index (χ1n) is 5.82. The van der Waals surface area contributed by atoms with Crippen molar-refractivity contribution in [1.29, 1.82) is 0 Å². The molecule has 0 atom stereocenters. The summed E-state index contributed by atoms with van der Waals surface area (Å²) in [5.41, 5.74) is -0.908. The van der Waals surface area contributed by atoms with E-state index in [1.54, 1.807) is 0 Å². The first-order chi connectivity index (χ1) is 9.79. The van der Waals surface area contributed by atoms with Gasteiger partial charge in [0, 0.05) is 16.6 Å². The van der Waals surface area contributed by atoms with E-state index in [4.69, 9.17) is 11.6 Å². The average Bonchev–Trinajstić information content (AvgIpc) is 2.39. The van der Waals surface area contributed by atoms with Crippen LogP contribution in [-0.2, 0) is 12.7 Å². The highest BCUT2D eigenvalue weighted by Crippen LogP contribution is 2.38. The number of rotatable bonds is 3. The van der Waals surface area contributed by atoms with Crippen molar-refractivity contribution < 1.29 is 17.6 Å². The van der Waals surface area contributed by atoms with Crippen LogP contribution in [0.25, 0.3) is 0 Å². The lowest BCUT2D eigenvalue weighted by Gasteiger charge is -2.16. The van der Waals surface area contributed by atoms with Crippen LogP contribution in [0.4, 0.5) is 23.2 Å². The number of halogens is 6. The van der Waals surface area contributed by atoms with Gasteiger partial charge in [-0.3, -0.25) is 0 Å². The van der Waals surface area contributed by atoms with Crippen molar-refractivity contribution in [2.24, 2.45) is 0 Å². The van der Waals surface area contributed by atoms with Crippen molar-refractivity contribution in [3.8, 4) is 0 Å². The lowest BCUT2D eigenvalue weighted by atomic mass is 10.1. The Morgan fingerprint density at radius 3 is 2.52 bits per heavy atom. The molecule has 2 aromatic rings. The van der Waals surface area contributed by atoms with Crippen molar-refractivity contribution in [3.63, 3.8) is 0 Å². The Balaban J connectivity index is 2.30. The van der Waals surface area contributed by atoms with Gasteiger partial charge in [-0.1, -0.05) is 33.6 Å². The van der Waals surface area contributed by atoms with Crippen LogP contribution in [0.5, 0.6) is 0 Å². The minimum Gasteiger partial charge on any atom is -0.379 e. The smallest absolute Gasteiger partial charge is 0.379 e. The summed E-state index contributed by atoms with van der Waals surface area (Å²) >= 11 is 8.99. The number of hydrogen-bond donors (Lipinski definition) is 1. The van der Waals surface area contributed by atoms with Gasteiger partial charge in [-0.25, -0.2) is 4.39 Å². The Morgan fingerprint density at radius 1 is 1.14 bits per heavy atom. The van der Waals surface area contributed by atoms with E-state index in [9.17, 15) is 17.6 Å². The van der Waals surface area contributed by atoms with Crippen LogP contribution in [0.15, 0.2) is 40.9 Å². The Bertz CT molecular complexity index is 658. The molecule has 0 saturated carbocycles. The summed E-state index contributed by atoms with van der Waals surface area (Å²) in [6.07, 6.45) is -4.54. The largest absolute Gasteiger partial charge is 0.418 e. The van der Waals surface area contributed by atoms with Gasteiger partial charge in [-0.2, -0.15) is 13.2 Å². The Hall–Kier alpha value is -1.27. The predicted octanol–water partition coefficient (Wildman–Crippen LogP) is 5.87. The number of benzene rings is 2. The topological polar surface area (TPSA) is 12.0 Å². The monoisotopic (exact) mass is 381 g/mol. The van der Waals surface area contributed by atoms with Crippen molar-refractivity contribution >= 4 is 33.2 Å². The molecule has 0 bridgehead atoms. The molecule has 0 radical (unpaired) electrons. The molecule has 0 aromatic heterocycles. The van der Waals surface area contributed by atoms with E-state index in [1.807, 2.05) is 0 Å². The standard InChI is InChI=1S/C14H9BrClF4N/c15-9-4-5-12(17)8(6-9)7-21-13-10(14(18,19)20)2-1-3-11(13)16/h1-6,21H,7H2. The van der Waals surface area contributed by atoms with Gasteiger partial charge in [0.25, 0.3) is 0 Å². The molecule has 0 aliphatic heterocycles. The third-order valence-electron chi connectivity index (χ3n) is 2.78. The summed E-state index contributed by atoms with van der Waals surface area (Å²) in [5.74, 6) is -0.508. The molecular weight excluding hydrogens is 374 g/mol. The highest BCUT2D eigenvalue weighted by molar-refractivity contribution is 9.10. The SMILES string of the molecule is Fc1ccc(Br)cc1CNc1c(Cl)cccc1C(F)(F)F. The quantitative estimate of drug-likeness (QED) is 0.654. The van der Waals surface area contributed by atoms with E-state index in [2.05, 4.69) is 21.2 Å². The van der Waals surface area contributed by atoms with Gasteiger partial charge < -0.3 is 5.32 Å². The lowest BCUT2D eigenvalue weighted by molar-refractivity contribution is -0.136. The van der Waals surface area contributed by atoms with E-state index >= 15 is 0 Å². The molecule has 112 valence electrons. The van der Waals surface area contributed by atoms with Crippen LogP contribution in [0.2, 0.25) is 5.02 Å². The van der Waals surface area contributed by atoms with Crippen molar-refractivity contribution in [2.75, 3.05) is 5.32 Å². The number of para-hydroxylation sites is 1. The van der Waals surface area contributed by atoms with E-state index < -0.39 is 17.6 Å². The lowest BCUT2D eigenvalue weighted by Crippen LogP contribution is -2.11. The molecular formula is C14H9BrClF4N. The molecule has 0 unspecified atom stereocenters. The fraction of sp³-hybridized carbons (Fsp3) is 0.143. The Morgan fingerprint density at radius 2 is 1.86 bits per heavy atom. The van der Waals surface area contributed by atoms with Gasteiger partial charge in [-0.05, 0) is 30.3 Å². The molecule has 7 heteroatoms. The second-order valence-corrected chi connectivity index (χ2v) is 5.57. The van der Waals surface area contributed by atoms with Crippen molar-refractivity contribution in [2.45, 2.75) is 12.7 Å². The summed E-state index contributed by atoms with van der Waals surface area (Å²) in [6.45, 7) is -0.113. The van der Waals surface area contributed by atoms with Crippen LogP contribution >= 0.6 is 27.5 Å². The molecule has 0 spiro atoms. The molecule has 1 nitrogen and oxygen atoms in total. The minimum atomic E-state index is -4.54. The summed E-state index contributed by atoms with van der Waals surface area (Å²) in [4.78, 5) is 0. The first kappa shape index (κ1) is 16.1. The second-order valence-electron chi connectivity index (χ2n) is 4.25. The van der Waals surface area contributed by atoms with Gasteiger partial charge in [0.1, 0.15) is 5.82 Å². The van der Waals surface area contributed by atoms with E-state index in [0.29, 0.717) is 4.47 Å². The second kappa shape index (κ2) is 6.23.